The number of carbonyl (C=O) groups excluding carboxylic acids is 1. The number of esters is 1. The molecule has 0 fully saturated rings. The van der Waals surface area contributed by atoms with Crippen LogP contribution in [0.2, 0.25) is 0 Å². The number of nitro benzene ring substituents is 1. The van der Waals surface area contributed by atoms with Gasteiger partial charge < -0.3 is 4.74 Å². The molecular formula is C21H26N2O6S. The molecule has 0 bridgehead atoms. The first kappa shape index (κ1) is 23.5. The maximum absolute atomic E-state index is 12.8. The summed E-state index contributed by atoms with van der Waals surface area (Å²) >= 11 is 0. The van der Waals surface area contributed by atoms with Gasteiger partial charge in [0.1, 0.15) is 11.6 Å². The number of carbonyl (C=O) groups is 1. The van der Waals surface area contributed by atoms with Gasteiger partial charge in [-0.2, -0.15) is 4.72 Å². The van der Waals surface area contributed by atoms with Crippen LogP contribution >= 0.6 is 0 Å². The number of benzene rings is 2. The van der Waals surface area contributed by atoms with E-state index in [2.05, 4.69) is 4.72 Å². The van der Waals surface area contributed by atoms with Gasteiger partial charge in [0.05, 0.1) is 9.82 Å². The highest BCUT2D eigenvalue weighted by Gasteiger charge is 2.32. The van der Waals surface area contributed by atoms with E-state index in [-0.39, 0.29) is 16.5 Å². The Labute approximate surface area is 176 Å². The molecule has 0 aliphatic heterocycles. The summed E-state index contributed by atoms with van der Waals surface area (Å²) in [5.74, 6) is -0.947. The zero-order valence-corrected chi connectivity index (χ0v) is 18.4. The van der Waals surface area contributed by atoms with E-state index in [0.29, 0.717) is 11.1 Å². The largest absolute Gasteiger partial charge is 0.459 e. The first-order valence-electron chi connectivity index (χ1n) is 9.40. The summed E-state index contributed by atoms with van der Waals surface area (Å²) in [6, 6.07) is 11.0. The summed E-state index contributed by atoms with van der Waals surface area (Å²) in [7, 11) is -3.96. The van der Waals surface area contributed by atoms with E-state index in [0.717, 1.165) is 0 Å². The number of ether oxygens (including phenoxy) is 1. The van der Waals surface area contributed by atoms with Gasteiger partial charge in [0.15, 0.2) is 0 Å². The van der Waals surface area contributed by atoms with E-state index in [4.69, 9.17) is 4.74 Å². The van der Waals surface area contributed by atoms with Gasteiger partial charge >= 0.3 is 5.97 Å². The molecule has 8 nitrogen and oxygen atoms in total. The Morgan fingerprint density at radius 1 is 1.00 bits per heavy atom. The second kappa shape index (κ2) is 8.93. The smallest absolute Gasteiger partial charge is 0.324 e. The van der Waals surface area contributed by atoms with Gasteiger partial charge in [-0.25, -0.2) is 8.42 Å². The third-order valence-corrected chi connectivity index (χ3v) is 5.64. The molecule has 0 saturated heterocycles. The summed E-state index contributed by atoms with van der Waals surface area (Å²) in [5.41, 5.74) is 0.661. The standard InChI is InChI=1S/C21H26N2O6S/c1-14(2)19(20(24)29-21(3,4)5)22-30(27,28)18-12-8-16(9-13-18)15-6-10-17(11-7-15)23(25)26/h6-14,19,22H,1-5H3/t19-/m0/s1. The number of nitrogens with one attached hydrogen (secondary N) is 1. The first-order chi connectivity index (χ1) is 13.8. The van der Waals surface area contributed by atoms with Crippen molar-refractivity contribution in [3.05, 3.63) is 58.6 Å². The Morgan fingerprint density at radius 2 is 1.47 bits per heavy atom. The molecule has 2 aromatic rings. The van der Waals surface area contributed by atoms with Crippen LogP contribution in [0.3, 0.4) is 0 Å². The van der Waals surface area contributed by atoms with E-state index in [1.54, 1.807) is 58.9 Å². The van der Waals surface area contributed by atoms with Crippen molar-refractivity contribution in [2.45, 2.75) is 51.2 Å². The average Bonchev–Trinajstić information content (AvgIpc) is 2.64. The van der Waals surface area contributed by atoms with E-state index >= 15 is 0 Å². The van der Waals surface area contributed by atoms with Crippen LogP contribution in [0.25, 0.3) is 11.1 Å². The molecule has 30 heavy (non-hydrogen) atoms. The second-order valence-electron chi connectivity index (χ2n) is 8.20. The number of hydrogen-bond donors (Lipinski definition) is 1. The van der Waals surface area contributed by atoms with Crippen LogP contribution in [0.5, 0.6) is 0 Å². The Hall–Kier alpha value is -2.78. The summed E-state index contributed by atoms with van der Waals surface area (Å²) in [4.78, 5) is 22.7. The first-order valence-corrected chi connectivity index (χ1v) is 10.9. The maximum atomic E-state index is 12.8. The molecule has 1 N–H and O–H groups in total. The van der Waals surface area contributed by atoms with Gasteiger partial charge in [-0.05, 0) is 62.1 Å². The minimum absolute atomic E-state index is 0.00219. The molecule has 1 atom stereocenters. The minimum Gasteiger partial charge on any atom is -0.459 e. The molecule has 0 amide bonds. The fraction of sp³-hybridized carbons (Fsp3) is 0.381. The highest BCUT2D eigenvalue weighted by Crippen LogP contribution is 2.24. The van der Waals surface area contributed by atoms with Crippen LogP contribution in [0.4, 0.5) is 5.69 Å². The Morgan fingerprint density at radius 3 is 1.87 bits per heavy atom. The number of nitrogens with zero attached hydrogens (tertiary/aromatic N) is 1. The summed E-state index contributed by atoms with van der Waals surface area (Å²) < 4.78 is 33.3. The molecule has 2 aromatic carbocycles. The van der Waals surface area contributed by atoms with Crippen molar-refractivity contribution in [1.82, 2.24) is 4.72 Å². The summed E-state index contributed by atoms with van der Waals surface area (Å²) in [5, 5.41) is 10.8. The van der Waals surface area contributed by atoms with E-state index in [1.807, 2.05) is 0 Å². The second-order valence-corrected chi connectivity index (χ2v) is 9.92. The van der Waals surface area contributed by atoms with Crippen LogP contribution in [0.1, 0.15) is 34.6 Å². The van der Waals surface area contributed by atoms with Crippen molar-refractivity contribution in [1.29, 1.82) is 0 Å². The predicted molar refractivity (Wildman–Crippen MR) is 113 cm³/mol. The van der Waals surface area contributed by atoms with E-state index < -0.39 is 32.6 Å². The van der Waals surface area contributed by atoms with Crippen molar-refractivity contribution >= 4 is 21.7 Å². The number of sulfonamides is 1. The zero-order chi connectivity index (χ0) is 22.7. The fourth-order valence-electron chi connectivity index (χ4n) is 2.66. The van der Waals surface area contributed by atoms with Crippen LogP contribution in [-0.4, -0.2) is 31.0 Å². The fourth-order valence-corrected chi connectivity index (χ4v) is 3.99. The SMILES string of the molecule is CC(C)[C@H](NS(=O)(=O)c1ccc(-c2ccc([N+](=O)[O-])cc2)cc1)C(=O)OC(C)(C)C. The molecule has 0 aliphatic rings. The lowest BCUT2D eigenvalue weighted by Gasteiger charge is -2.26. The topological polar surface area (TPSA) is 116 Å². The van der Waals surface area contributed by atoms with Crippen LogP contribution in [0, 0.1) is 16.0 Å². The van der Waals surface area contributed by atoms with Crippen molar-refractivity contribution in [3.8, 4) is 11.1 Å². The lowest BCUT2D eigenvalue weighted by Crippen LogP contribution is -2.47. The van der Waals surface area contributed by atoms with E-state index in [1.165, 1.54) is 24.3 Å². The quantitative estimate of drug-likeness (QED) is 0.401. The minimum atomic E-state index is -3.96. The molecule has 0 radical (unpaired) electrons. The lowest BCUT2D eigenvalue weighted by molar-refractivity contribution is -0.384. The number of hydrogen-bond acceptors (Lipinski definition) is 6. The molecule has 0 spiro atoms. The highest BCUT2D eigenvalue weighted by molar-refractivity contribution is 7.89. The van der Waals surface area contributed by atoms with Crippen molar-refractivity contribution in [3.63, 3.8) is 0 Å². The number of rotatable bonds is 7. The van der Waals surface area contributed by atoms with Gasteiger partial charge in [0.25, 0.3) is 5.69 Å². The molecule has 0 aliphatic carbocycles. The lowest BCUT2D eigenvalue weighted by atomic mass is 10.1. The molecule has 9 heteroatoms. The maximum Gasteiger partial charge on any atom is 0.324 e. The monoisotopic (exact) mass is 434 g/mol. The van der Waals surface area contributed by atoms with Crippen LogP contribution < -0.4 is 4.72 Å². The van der Waals surface area contributed by atoms with Gasteiger partial charge in [-0.3, -0.25) is 14.9 Å². The molecule has 0 unspecified atom stereocenters. The molecule has 0 saturated carbocycles. The van der Waals surface area contributed by atoms with Gasteiger partial charge in [0, 0.05) is 12.1 Å². The summed E-state index contributed by atoms with van der Waals surface area (Å²) in [6.07, 6.45) is 0. The van der Waals surface area contributed by atoms with Gasteiger partial charge in [0.2, 0.25) is 10.0 Å². The Kier molecular flexibility index (Phi) is 6.99. The molecule has 0 heterocycles. The molecule has 2 rings (SSSR count). The van der Waals surface area contributed by atoms with Crippen molar-refractivity contribution in [2.75, 3.05) is 0 Å². The van der Waals surface area contributed by atoms with E-state index in [9.17, 15) is 23.3 Å². The molecular weight excluding hydrogens is 408 g/mol. The van der Waals surface area contributed by atoms with Crippen LogP contribution in [-0.2, 0) is 19.6 Å². The zero-order valence-electron chi connectivity index (χ0n) is 17.6. The van der Waals surface area contributed by atoms with Gasteiger partial charge in [-0.1, -0.05) is 26.0 Å². The molecule has 0 aromatic heterocycles. The Balaban J connectivity index is 2.22. The third-order valence-electron chi connectivity index (χ3n) is 4.19. The van der Waals surface area contributed by atoms with Crippen molar-refractivity contribution in [2.24, 2.45) is 5.92 Å². The third kappa shape index (κ3) is 6.11. The number of nitro groups is 1. The normalized spacial score (nSPS) is 13.1. The summed E-state index contributed by atoms with van der Waals surface area (Å²) in [6.45, 7) is 8.61. The molecule has 162 valence electrons. The average molecular weight is 435 g/mol. The van der Waals surface area contributed by atoms with Gasteiger partial charge in [-0.15, -0.1) is 0 Å². The van der Waals surface area contributed by atoms with Crippen LogP contribution in [0.15, 0.2) is 53.4 Å². The predicted octanol–water partition coefficient (Wildman–Crippen LogP) is 3.91. The van der Waals surface area contributed by atoms with Crippen molar-refractivity contribution < 1.29 is 22.9 Å². The Bertz CT molecular complexity index is 1010. The highest BCUT2D eigenvalue weighted by atomic mass is 32.2. The number of non-ortho nitro benzene ring substituents is 1.